The summed E-state index contributed by atoms with van der Waals surface area (Å²) in [6, 6.07) is 19.8. The number of sulfonamides is 1. The molecule has 0 aliphatic rings. The van der Waals surface area contributed by atoms with Crippen molar-refractivity contribution in [2.45, 2.75) is 27.2 Å². The van der Waals surface area contributed by atoms with Gasteiger partial charge in [0.2, 0.25) is 10.0 Å². The molecule has 0 bridgehead atoms. The van der Waals surface area contributed by atoms with Gasteiger partial charge in [-0.15, -0.1) is 0 Å². The highest BCUT2D eigenvalue weighted by atomic mass is 32.2. The largest absolute Gasteiger partial charge is 0.484 e. The van der Waals surface area contributed by atoms with Crippen LogP contribution in [0.5, 0.6) is 17.2 Å². The fourth-order valence-electron chi connectivity index (χ4n) is 3.05. The maximum atomic E-state index is 12.4. The number of hydrogen-bond donors (Lipinski definition) is 2. The van der Waals surface area contributed by atoms with Crippen LogP contribution in [0.15, 0.2) is 66.7 Å². The van der Waals surface area contributed by atoms with E-state index in [4.69, 9.17) is 9.47 Å². The molecule has 0 unspecified atom stereocenters. The Hall–Kier alpha value is -3.52. The van der Waals surface area contributed by atoms with Crippen LogP contribution in [-0.2, 0) is 14.8 Å². The summed E-state index contributed by atoms with van der Waals surface area (Å²) in [6.45, 7) is 5.36. The van der Waals surface area contributed by atoms with Crippen molar-refractivity contribution >= 4 is 27.3 Å². The SMILES string of the molecule is CCCS(=O)(=O)Nc1cccc(NC(=O)COc2ccc(Oc3ccc(C)cc3)cc2)c1C. The minimum Gasteiger partial charge on any atom is -0.484 e. The van der Waals surface area contributed by atoms with Gasteiger partial charge in [-0.1, -0.05) is 30.7 Å². The third-order valence-electron chi connectivity index (χ3n) is 4.80. The average Bonchev–Trinajstić information content (AvgIpc) is 2.77. The second-order valence-corrected chi connectivity index (χ2v) is 9.46. The molecule has 8 heteroatoms. The van der Waals surface area contributed by atoms with E-state index in [0.717, 1.165) is 11.3 Å². The molecule has 0 aliphatic heterocycles. The molecule has 0 spiro atoms. The summed E-state index contributed by atoms with van der Waals surface area (Å²) in [5.41, 5.74) is 2.74. The van der Waals surface area contributed by atoms with Gasteiger partial charge in [-0.2, -0.15) is 0 Å². The van der Waals surface area contributed by atoms with E-state index >= 15 is 0 Å². The monoisotopic (exact) mass is 468 g/mol. The molecule has 3 aromatic rings. The summed E-state index contributed by atoms with van der Waals surface area (Å²) >= 11 is 0. The zero-order valence-corrected chi connectivity index (χ0v) is 19.7. The first-order valence-corrected chi connectivity index (χ1v) is 12.3. The Labute approximate surface area is 194 Å². The van der Waals surface area contributed by atoms with E-state index in [1.807, 2.05) is 31.2 Å². The predicted octanol–water partition coefficient (Wildman–Crippen LogP) is 5.26. The van der Waals surface area contributed by atoms with E-state index in [1.165, 1.54) is 0 Å². The molecular formula is C25H28N2O5S. The molecule has 0 saturated heterocycles. The second kappa shape index (κ2) is 10.9. The lowest BCUT2D eigenvalue weighted by molar-refractivity contribution is -0.118. The van der Waals surface area contributed by atoms with Crippen molar-refractivity contribution in [3.05, 3.63) is 77.9 Å². The Kier molecular flexibility index (Phi) is 7.95. The van der Waals surface area contributed by atoms with Gasteiger partial charge in [-0.3, -0.25) is 9.52 Å². The minimum absolute atomic E-state index is 0.0334. The summed E-state index contributed by atoms with van der Waals surface area (Å²) < 4.78 is 38.0. The standard InChI is InChI=1S/C25H28N2O5S/c1-4-16-33(29,30)27-24-7-5-6-23(19(24)3)26-25(28)17-31-20-12-14-22(15-13-20)32-21-10-8-18(2)9-11-21/h5-15,27H,4,16-17H2,1-3H3,(H,26,28). The molecule has 0 aromatic heterocycles. The van der Waals surface area contributed by atoms with Crippen LogP contribution >= 0.6 is 0 Å². The molecule has 3 rings (SSSR count). The van der Waals surface area contributed by atoms with E-state index in [1.54, 1.807) is 56.3 Å². The zero-order valence-electron chi connectivity index (χ0n) is 18.9. The maximum absolute atomic E-state index is 12.4. The van der Waals surface area contributed by atoms with Gasteiger partial charge >= 0.3 is 0 Å². The summed E-state index contributed by atoms with van der Waals surface area (Å²) in [5, 5.41) is 2.76. The Bertz CT molecular complexity index is 1190. The van der Waals surface area contributed by atoms with Crippen LogP contribution in [0.2, 0.25) is 0 Å². The Balaban J connectivity index is 1.55. The van der Waals surface area contributed by atoms with Gasteiger partial charge in [0.25, 0.3) is 5.91 Å². The fraction of sp³-hybridized carbons (Fsp3) is 0.240. The topological polar surface area (TPSA) is 93.7 Å². The number of carbonyl (C=O) groups excluding carboxylic acids is 1. The van der Waals surface area contributed by atoms with Crippen LogP contribution in [0.4, 0.5) is 11.4 Å². The number of hydrogen-bond acceptors (Lipinski definition) is 5. The van der Waals surface area contributed by atoms with Gasteiger partial charge in [0.1, 0.15) is 17.2 Å². The van der Waals surface area contributed by atoms with Crippen molar-refractivity contribution < 1.29 is 22.7 Å². The number of rotatable bonds is 10. The summed E-state index contributed by atoms with van der Waals surface area (Å²) in [5.74, 6) is 1.61. The molecule has 2 N–H and O–H groups in total. The van der Waals surface area contributed by atoms with Crippen LogP contribution in [-0.4, -0.2) is 26.7 Å². The summed E-state index contributed by atoms with van der Waals surface area (Å²) in [6.07, 6.45) is 0.515. The Morgan fingerprint density at radius 1 is 0.848 bits per heavy atom. The molecule has 0 heterocycles. The van der Waals surface area contributed by atoms with Gasteiger partial charge in [0, 0.05) is 5.69 Å². The van der Waals surface area contributed by atoms with Gasteiger partial charge in [-0.25, -0.2) is 8.42 Å². The first kappa shape index (κ1) is 24.1. The van der Waals surface area contributed by atoms with E-state index in [-0.39, 0.29) is 18.3 Å². The van der Waals surface area contributed by atoms with Gasteiger partial charge in [0.05, 0.1) is 11.4 Å². The first-order chi connectivity index (χ1) is 15.8. The van der Waals surface area contributed by atoms with Gasteiger partial charge in [-0.05, 0) is 74.4 Å². The lowest BCUT2D eigenvalue weighted by Crippen LogP contribution is -2.21. The molecule has 0 aliphatic carbocycles. The number of anilines is 2. The maximum Gasteiger partial charge on any atom is 0.262 e. The third kappa shape index (κ3) is 7.25. The molecule has 0 saturated carbocycles. The zero-order chi connectivity index (χ0) is 23.8. The quantitative estimate of drug-likeness (QED) is 0.423. The van der Waals surface area contributed by atoms with Crippen LogP contribution in [0, 0.1) is 13.8 Å². The van der Waals surface area contributed by atoms with Crippen LogP contribution in [0.1, 0.15) is 24.5 Å². The number of aryl methyl sites for hydroxylation is 1. The summed E-state index contributed by atoms with van der Waals surface area (Å²) in [7, 11) is -3.42. The highest BCUT2D eigenvalue weighted by Gasteiger charge is 2.13. The Morgan fingerprint density at radius 2 is 1.42 bits per heavy atom. The number of benzene rings is 3. The van der Waals surface area contributed by atoms with E-state index in [0.29, 0.717) is 34.9 Å². The predicted molar refractivity (Wildman–Crippen MR) is 131 cm³/mol. The van der Waals surface area contributed by atoms with Crippen molar-refractivity contribution in [3.63, 3.8) is 0 Å². The van der Waals surface area contributed by atoms with E-state index in [9.17, 15) is 13.2 Å². The average molecular weight is 469 g/mol. The Morgan fingerprint density at radius 3 is 2.06 bits per heavy atom. The number of ether oxygens (including phenoxy) is 2. The summed E-state index contributed by atoms with van der Waals surface area (Å²) in [4.78, 5) is 12.4. The molecule has 174 valence electrons. The lowest BCUT2D eigenvalue weighted by Gasteiger charge is -2.14. The number of amides is 1. The van der Waals surface area contributed by atoms with Crippen molar-refractivity contribution in [1.82, 2.24) is 0 Å². The minimum atomic E-state index is -3.42. The lowest BCUT2D eigenvalue weighted by atomic mass is 10.1. The molecule has 0 atom stereocenters. The third-order valence-corrected chi connectivity index (χ3v) is 6.27. The number of carbonyl (C=O) groups is 1. The first-order valence-electron chi connectivity index (χ1n) is 10.6. The van der Waals surface area contributed by atoms with Crippen LogP contribution in [0.25, 0.3) is 0 Å². The van der Waals surface area contributed by atoms with Crippen molar-refractivity contribution in [1.29, 1.82) is 0 Å². The van der Waals surface area contributed by atoms with Crippen molar-refractivity contribution in [2.24, 2.45) is 0 Å². The van der Waals surface area contributed by atoms with E-state index < -0.39 is 10.0 Å². The van der Waals surface area contributed by atoms with Gasteiger partial charge in [0.15, 0.2) is 6.61 Å². The molecule has 0 fully saturated rings. The van der Waals surface area contributed by atoms with Crippen LogP contribution < -0.4 is 19.5 Å². The molecule has 0 radical (unpaired) electrons. The smallest absolute Gasteiger partial charge is 0.262 e. The molecule has 1 amide bonds. The van der Waals surface area contributed by atoms with Crippen molar-refractivity contribution in [3.8, 4) is 17.2 Å². The van der Waals surface area contributed by atoms with Crippen LogP contribution in [0.3, 0.4) is 0 Å². The highest BCUT2D eigenvalue weighted by Crippen LogP contribution is 2.26. The molecule has 33 heavy (non-hydrogen) atoms. The number of nitrogens with one attached hydrogen (secondary N) is 2. The fourth-order valence-corrected chi connectivity index (χ4v) is 4.25. The molecular weight excluding hydrogens is 440 g/mol. The van der Waals surface area contributed by atoms with Gasteiger partial charge < -0.3 is 14.8 Å². The second-order valence-electron chi connectivity index (χ2n) is 7.62. The van der Waals surface area contributed by atoms with Crippen molar-refractivity contribution in [2.75, 3.05) is 22.4 Å². The normalized spacial score (nSPS) is 11.0. The molecule has 3 aromatic carbocycles. The highest BCUT2D eigenvalue weighted by molar-refractivity contribution is 7.92. The van der Waals surface area contributed by atoms with E-state index in [2.05, 4.69) is 10.0 Å². The molecule has 7 nitrogen and oxygen atoms in total.